The van der Waals surface area contributed by atoms with Gasteiger partial charge in [0.2, 0.25) is 5.88 Å². The van der Waals surface area contributed by atoms with E-state index in [-0.39, 0.29) is 0 Å². The van der Waals surface area contributed by atoms with Crippen LogP contribution in [-0.2, 0) is 6.61 Å². The molecule has 0 N–H and O–H groups in total. The Morgan fingerprint density at radius 1 is 1.19 bits per heavy atom. The Morgan fingerprint density at radius 2 is 2.00 bits per heavy atom. The third-order valence-electron chi connectivity index (χ3n) is 2.07. The van der Waals surface area contributed by atoms with Crippen molar-refractivity contribution in [3.8, 4) is 11.6 Å². The summed E-state index contributed by atoms with van der Waals surface area (Å²) in [7, 11) is 1.58. The summed E-state index contributed by atoms with van der Waals surface area (Å²) in [5.41, 5.74) is 1.09. The maximum Gasteiger partial charge on any atom is 0.237 e. The molecule has 0 radical (unpaired) electrons. The third kappa shape index (κ3) is 2.70. The molecule has 0 aliphatic rings. The van der Waals surface area contributed by atoms with Crippen LogP contribution in [0.25, 0.3) is 0 Å². The van der Waals surface area contributed by atoms with E-state index in [4.69, 9.17) is 9.47 Å². The van der Waals surface area contributed by atoms with Crippen LogP contribution in [0, 0.1) is 0 Å². The Morgan fingerprint density at radius 3 is 2.75 bits per heavy atom. The van der Waals surface area contributed by atoms with Crippen LogP contribution < -0.4 is 9.47 Å². The van der Waals surface area contributed by atoms with Crippen LogP contribution in [0.4, 0.5) is 0 Å². The van der Waals surface area contributed by atoms with E-state index in [2.05, 4.69) is 10.2 Å². The number of benzene rings is 1. The van der Waals surface area contributed by atoms with Gasteiger partial charge < -0.3 is 9.47 Å². The predicted octanol–water partition coefficient (Wildman–Crippen LogP) is 2.06. The molecule has 0 unspecified atom stereocenters. The molecule has 4 nitrogen and oxygen atoms in total. The van der Waals surface area contributed by atoms with Gasteiger partial charge in [-0.25, -0.2) is 0 Å². The molecule has 1 aromatic heterocycles. The Kier molecular flexibility index (Phi) is 3.33. The zero-order valence-corrected chi connectivity index (χ0v) is 8.96. The summed E-state index contributed by atoms with van der Waals surface area (Å²) in [6, 6.07) is 11.6. The smallest absolute Gasteiger partial charge is 0.237 e. The van der Waals surface area contributed by atoms with E-state index in [0.717, 1.165) is 5.56 Å². The lowest BCUT2D eigenvalue weighted by molar-refractivity contribution is 0.287. The van der Waals surface area contributed by atoms with Gasteiger partial charge in [0, 0.05) is 6.07 Å². The number of hydrogen-bond donors (Lipinski definition) is 0. The van der Waals surface area contributed by atoms with Crippen molar-refractivity contribution in [2.75, 3.05) is 7.11 Å². The van der Waals surface area contributed by atoms with Gasteiger partial charge in [-0.3, -0.25) is 0 Å². The number of rotatable bonds is 4. The molecule has 0 atom stereocenters. The molecule has 0 aliphatic carbocycles. The SMILES string of the molecule is COc1cnnc(OCc2ccccc2)c1. The average molecular weight is 216 g/mol. The van der Waals surface area contributed by atoms with Crippen LogP contribution in [0.15, 0.2) is 42.6 Å². The fraction of sp³-hybridized carbons (Fsp3) is 0.167. The van der Waals surface area contributed by atoms with E-state index < -0.39 is 0 Å². The second kappa shape index (κ2) is 5.11. The summed E-state index contributed by atoms with van der Waals surface area (Å²) in [4.78, 5) is 0. The fourth-order valence-corrected chi connectivity index (χ4v) is 1.24. The molecule has 0 amide bonds. The molecule has 0 aliphatic heterocycles. The highest BCUT2D eigenvalue weighted by Crippen LogP contribution is 2.15. The maximum atomic E-state index is 5.48. The van der Waals surface area contributed by atoms with Gasteiger partial charge in [-0.2, -0.15) is 5.10 Å². The quantitative estimate of drug-likeness (QED) is 0.784. The number of aromatic nitrogens is 2. The van der Waals surface area contributed by atoms with Crippen LogP contribution in [0.3, 0.4) is 0 Å². The summed E-state index contributed by atoms with van der Waals surface area (Å²) >= 11 is 0. The zero-order valence-electron chi connectivity index (χ0n) is 8.96. The van der Waals surface area contributed by atoms with Crippen LogP contribution in [0.5, 0.6) is 11.6 Å². The Balaban J connectivity index is 1.99. The average Bonchev–Trinajstić information content (AvgIpc) is 2.38. The van der Waals surface area contributed by atoms with Crippen LogP contribution in [0.1, 0.15) is 5.56 Å². The molecular weight excluding hydrogens is 204 g/mol. The highest BCUT2D eigenvalue weighted by Gasteiger charge is 1.99. The van der Waals surface area contributed by atoms with Gasteiger partial charge in [0.25, 0.3) is 0 Å². The largest absolute Gasteiger partial charge is 0.495 e. The molecular formula is C12H12N2O2. The lowest BCUT2D eigenvalue weighted by atomic mass is 10.2. The van der Waals surface area contributed by atoms with Gasteiger partial charge >= 0.3 is 0 Å². The summed E-state index contributed by atoms with van der Waals surface area (Å²) < 4.78 is 10.5. The summed E-state index contributed by atoms with van der Waals surface area (Å²) in [6.07, 6.45) is 1.54. The van der Waals surface area contributed by atoms with Crippen molar-refractivity contribution in [3.63, 3.8) is 0 Å². The molecule has 2 rings (SSSR count). The van der Waals surface area contributed by atoms with Gasteiger partial charge in [-0.15, -0.1) is 5.10 Å². The predicted molar refractivity (Wildman–Crippen MR) is 59.4 cm³/mol. The van der Waals surface area contributed by atoms with Crippen molar-refractivity contribution in [2.24, 2.45) is 0 Å². The molecule has 4 heteroatoms. The van der Waals surface area contributed by atoms with Crippen molar-refractivity contribution in [2.45, 2.75) is 6.61 Å². The second-order valence-electron chi connectivity index (χ2n) is 3.21. The summed E-state index contributed by atoms with van der Waals surface area (Å²) in [6.45, 7) is 0.475. The van der Waals surface area contributed by atoms with Crippen molar-refractivity contribution in [1.29, 1.82) is 0 Å². The minimum Gasteiger partial charge on any atom is -0.495 e. The van der Waals surface area contributed by atoms with Crippen molar-refractivity contribution >= 4 is 0 Å². The normalized spacial score (nSPS) is 9.81. The molecule has 82 valence electrons. The van der Waals surface area contributed by atoms with Crippen molar-refractivity contribution in [3.05, 3.63) is 48.2 Å². The molecule has 1 heterocycles. The first-order chi connectivity index (χ1) is 7.88. The topological polar surface area (TPSA) is 44.2 Å². The van der Waals surface area contributed by atoms with Crippen LogP contribution in [0.2, 0.25) is 0 Å². The Hall–Kier alpha value is -2.10. The number of hydrogen-bond acceptors (Lipinski definition) is 4. The Bertz CT molecular complexity index is 446. The van der Waals surface area contributed by atoms with Crippen LogP contribution >= 0.6 is 0 Å². The van der Waals surface area contributed by atoms with Gasteiger partial charge in [0.1, 0.15) is 12.4 Å². The first kappa shape index (κ1) is 10.4. The van der Waals surface area contributed by atoms with Crippen molar-refractivity contribution in [1.82, 2.24) is 10.2 Å². The molecule has 1 aromatic carbocycles. The zero-order chi connectivity index (χ0) is 11.2. The van der Waals surface area contributed by atoms with Gasteiger partial charge in [-0.1, -0.05) is 30.3 Å². The lowest BCUT2D eigenvalue weighted by Gasteiger charge is -2.05. The maximum absolute atomic E-state index is 5.48. The fourth-order valence-electron chi connectivity index (χ4n) is 1.24. The third-order valence-corrected chi connectivity index (χ3v) is 2.07. The summed E-state index contributed by atoms with van der Waals surface area (Å²) in [5, 5.41) is 7.62. The van der Waals surface area contributed by atoms with E-state index in [0.29, 0.717) is 18.2 Å². The highest BCUT2D eigenvalue weighted by molar-refractivity contribution is 5.23. The molecule has 0 saturated heterocycles. The Labute approximate surface area is 93.9 Å². The van der Waals surface area contributed by atoms with E-state index in [9.17, 15) is 0 Å². The molecule has 0 spiro atoms. The van der Waals surface area contributed by atoms with E-state index in [1.54, 1.807) is 13.2 Å². The standard InChI is InChI=1S/C12H12N2O2/c1-15-11-7-12(14-13-8-11)16-9-10-5-3-2-4-6-10/h2-8H,9H2,1H3. The number of ether oxygens (including phenoxy) is 2. The molecule has 0 saturated carbocycles. The van der Waals surface area contributed by atoms with E-state index >= 15 is 0 Å². The van der Waals surface area contributed by atoms with Gasteiger partial charge in [0.15, 0.2) is 0 Å². The minimum absolute atomic E-state index is 0.461. The first-order valence-electron chi connectivity index (χ1n) is 4.92. The molecule has 16 heavy (non-hydrogen) atoms. The highest BCUT2D eigenvalue weighted by atomic mass is 16.5. The summed E-state index contributed by atoms with van der Waals surface area (Å²) in [5.74, 6) is 1.10. The van der Waals surface area contributed by atoms with Gasteiger partial charge in [-0.05, 0) is 5.56 Å². The molecule has 0 bridgehead atoms. The van der Waals surface area contributed by atoms with E-state index in [1.165, 1.54) is 6.20 Å². The number of nitrogens with zero attached hydrogens (tertiary/aromatic N) is 2. The first-order valence-corrected chi connectivity index (χ1v) is 4.92. The van der Waals surface area contributed by atoms with Gasteiger partial charge in [0.05, 0.1) is 13.3 Å². The molecule has 2 aromatic rings. The minimum atomic E-state index is 0.461. The van der Waals surface area contributed by atoms with E-state index in [1.807, 2.05) is 30.3 Å². The van der Waals surface area contributed by atoms with Crippen LogP contribution in [-0.4, -0.2) is 17.3 Å². The number of methoxy groups -OCH3 is 1. The molecule has 0 fully saturated rings. The lowest BCUT2D eigenvalue weighted by Crippen LogP contribution is -1.98. The monoisotopic (exact) mass is 216 g/mol. The van der Waals surface area contributed by atoms with Crippen molar-refractivity contribution < 1.29 is 9.47 Å². The second-order valence-corrected chi connectivity index (χ2v) is 3.21.